The van der Waals surface area contributed by atoms with E-state index in [2.05, 4.69) is 30.6 Å². The minimum Gasteiger partial charge on any atom is -0.343 e. The second kappa shape index (κ2) is 10.9. The molecular weight excluding hydrogens is 486 g/mol. The highest BCUT2D eigenvalue weighted by Gasteiger charge is 2.22. The highest BCUT2D eigenvalue weighted by Crippen LogP contribution is 2.27. The van der Waals surface area contributed by atoms with Gasteiger partial charge in [-0.3, -0.25) is 9.59 Å². The average Bonchev–Trinajstić information content (AvgIpc) is 3.36. The molecule has 0 saturated carbocycles. The third-order valence-corrected chi connectivity index (χ3v) is 6.73. The fraction of sp³-hybridized carbons (Fsp3) is 0.259. The Bertz CT molecular complexity index is 1450. The Kier molecular flexibility index (Phi) is 7.70. The zero-order valence-electron chi connectivity index (χ0n) is 21.2. The lowest BCUT2D eigenvalue weighted by atomic mass is 9.81. The van der Waals surface area contributed by atoms with Crippen LogP contribution in [0.1, 0.15) is 41.0 Å². The third kappa shape index (κ3) is 6.22. The van der Waals surface area contributed by atoms with Crippen LogP contribution in [0.2, 0.25) is 0 Å². The van der Waals surface area contributed by atoms with E-state index in [0.717, 1.165) is 22.5 Å². The molecule has 0 fully saturated rings. The van der Waals surface area contributed by atoms with E-state index in [1.165, 1.54) is 17.7 Å². The van der Waals surface area contributed by atoms with Crippen molar-refractivity contribution in [3.63, 3.8) is 0 Å². The Balaban J connectivity index is 1.38. The van der Waals surface area contributed by atoms with Crippen LogP contribution in [0.25, 0.3) is 22.8 Å². The number of amides is 2. The largest absolute Gasteiger partial charge is 0.343 e. The number of benzene rings is 1. The number of hydrogen-bond donors (Lipinski definition) is 3. The van der Waals surface area contributed by atoms with Gasteiger partial charge in [0, 0.05) is 28.6 Å². The van der Waals surface area contributed by atoms with Crippen LogP contribution in [-0.4, -0.2) is 44.8 Å². The summed E-state index contributed by atoms with van der Waals surface area (Å²) in [6.07, 6.45) is 1.51. The molecule has 3 heterocycles. The maximum Gasteiger partial charge on any atom is 0.251 e. The predicted octanol–water partition coefficient (Wildman–Crippen LogP) is 3.88. The van der Waals surface area contributed by atoms with E-state index < -0.39 is 0 Å². The summed E-state index contributed by atoms with van der Waals surface area (Å²) < 4.78 is 0. The van der Waals surface area contributed by atoms with Crippen molar-refractivity contribution >= 4 is 28.3 Å². The van der Waals surface area contributed by atoms with Crippen molar-refractivity contribution in [2.75, 3.05) is 18.4 Å². The second-order valence-electron chi connectivity index (χ2n) is 9.34. The van der Waals surface area contributed by atoms with Gasteiger partial charge in [-0.05, 0) is 55.3 Å². The van der Waals surface area contributed by atoms with E-state index in [1.807, 2.05) is 69.5 Å². The normalized spacial score (nSPS) is 11.3. The number of hydrogen-bond acceptors (Lipinski definition) is 8. The minimum atomic E-state index is -0.373. The molecule has 0 saturated heterocycles. The molecule has 0 bridgehead atoms. The van der Waals surface area contributed by atoms with Gasteiger partial charge in [0.05, 0.1) is 23.6 Å². The summed E-state index contributed by atoms with van der Waals surface area (Å²) in [5.74, 6) is -0.702. The molecule has 4 rings (SSSR count). The van der Waals surface area contributed by atoms with E-state index in [4.69, 9.17) is 5.73 Å². The number of nitrogens with one attached hydrogen (secondary N) is 2. The number of aryl methyl sites for hydroxylation is 2. The molecule has 2 amide bonds. The first-order valence-electron chi connectivity index (χ1n) is 11.8. The van der Waals surface area contributed by atoms with E-state index in [-0.39, 0.29) is 23.8 Å². The minimum absolute atomic E-state index is 0.183. The van der Waals surface area contributed by atoms with Gasteiger partial charge in [0.1, 0.15) is 12.0 Å². The molecule has 37 heavy (non-hydrogen) atoms. The molecule has 0 aliphatic rings. The van der Waals surface area contributed by atoms with Gasteiger partial charge in [0.2, 0.25) is 5.91 Å². The van der Waals surface area contributed by atoms with Gasteiger partial charge in [-0.25, -0.2) is 19.9 Å². The molecule has 0 spiro atoms. The van der Waals surface area contributed by atoms with Gasteiger partial charge in [0.15, 0.2) is 5.13 Å². The molecule has 0 unspecified atom stereocenters. The summed E-state index contributed by atoms with van der Waals surface area (Å²) in [6, 6.07) is 12.9. The maximum absolute atomic E-state index is 12.7. The Morgan fingerprint density at radius 1 is 0.973 bits per heavy atom. The Morgan fingerprint density at radius 2 is 1.73 bits per heavy atom. The van der Waals surface area contributed by atoms with Gasteiger partial charge in [-0.1, -0.05) is 26.0 Å². The molecule has 10 heteroatoms. The number of anilines is 1. The maximum atomic E-state index is 12.7. The SMILES string of the molecule is Cc1cc(-c2cccc(-c3csc(NC(=O)CNC(=O)c4ccc(C)c(C(C)(C)CN)c4)n3)n2)ncn1. The van der Waals surface area contributed by atoms with Gasteiger partial charge in [-0.15, -0.1) is 11.3 Å². The molecule has 0 aliphatic carbocycles. The first-order chi connectivity index (χ1) is 17.7. The van der Waals surface area contributed by atoms with Crippen molar-refractivity contribution in [2.24, 2.45) is 5.73 Å². The second-order valence-corrected chi connectivity index (χ2v) is 10.2. The van der Waals surface area contributed by atoms with Crippen molar-refractivity contribution in [1.29, 1.82) is 0 Å². The molecule has 0 aliphatic heterocycles. The quantitative estimate of drug-likeness (QED) is 0.324. The average molecular weight is 516 g/mol. The first-order valence-corrected chi connectivity index (χ1v) is 12.7. The van der Waals surface area contributed by atoms with Crippen molar-refractivity contribution in [3.05, 3.63) is 76.6 Å². The number of pyridine rings is 1. The van der Waals surface area contributed by atoms with Gasteiger partial charge in [-0.2, -0.15) is 0 Å². The zero-order chi connectivity index (χ0) is 26.6. The Morgan fingerprint density at radius 3 is 2.46 bits per heavy atom. The van der Waals surface area contributed by atoms with Crippen LogP contribution >= 0.6 is 11.3 Å². The van der Waals surface area contributed by atoms with Gasteiger partial charge in [0.25, 0.3) is 5.91 Å². The van der Waals surface area contributed by atoms with E-state index in [0.29, 0.717) is 34.3 Å². The number of thiazole rings is 1. The molecule has 4 aromatic rings. The van der Waals surface area contributed by atoms with E-state index in [1.54, 1.807) is 6.07 Å². The summed E-state index contributed by atoms with van der Waals surface area (Å²) in [6.45, 7) is 8.24. The molecular formula is C27H29N7O2S. The summed E-state index contributed by atoms with van der Waals surface area (Å²) in [5, 5.41) is 7.65. The van der Waals surface area contributed by atoms with Crippen LogP contribution in [0.5, 0.6) is 0 Å². The number of carbonyl (C=O) groups is 2. The number of aromatic nitrogens is 4. The fourth-order valence-electron chi connectivity index (χ4n) is 3.79. The lowest BCUT2D eigenvalue weighted by Gasteiger charge is -2.25. The van der Waals surface area contributed by atoms with Crippen molar-refractivity contribution < 1.29 is 9.59 Å². The summed E-state index contributed by atoms with van der Waals surface area (Å²) in [7, 11) is 0. The van der Waals surface area contributed by atoms with Crippen LogP contribution < -0.4 is 16.4 Å². The van der Waals surface area contributed by atoms with E-state index in [9.17, 15) is 9.59 Å². The van der Waals surface area contributed by atoms with Gasteiger partial charge < -0.3 is 16.4 Å². The van der Waals surface area contributed by atoms with Crippen LogP contribution in [0.15, 0.2) is 54.2 Å². The molecule has 4 N–H and O–H groups in total. The fourth-order valence-corrected chi connectivity index (χ4v) is 4.51. The Hall–Kier alpha value is -4.02. The van der Waals surface area contributed by atoms with Crippen molar-refractivity contribution in [3.8, 4) is 22.8 Å². The van der Waals surface area contributed by atoms with Crippen LogP contribution in [0, 0.1) is 13.8 Å². The molecule has 0 radical (unpaired) electrons. The number of nitrogens with zero attached hydrogens (tertiary/aromatic N) is 4. The lowest BCUT2D eigenvalue weighted by Crippen LogP contribution is -2.33. The molecule has 1 aromatic carbocycles. The molecule has 0 atom stereocenters. The van der Waals surface area contributed by atoms with Crippen LogP contribution in [0.4, 0.5) is 5.13 Å². The number of carbonyl (C=O) groups excluding carboxylic acids is 2. The van der Waals surface area contributed by atoms with E-state index >= 15 is 0 Å². The highest BCUT2D eigenvalue weighted by atomic mass is 32.1. The summed E-state index contributed by atoms with van der Waals surface area (Å²) in [5.41, 5.74) is 11.8. The summed E-state index contributed by atoms with van der Waals surface area (Å²) in [4.78, 5) is 42.7. The third-order valence-electron chi connectivity index (χ3n) is 5.98. The van der Waals surface area contributed by atoms with Crippen molar-refractivity contribution in [1.82, 2.24) is 25.3 Å². The number of nitrogens with two attached hydrogens (primary N) is 1. The van der Waals surface area contributed by atoms with Crippen LogP contribution in [-0.2, 0) is 10.2 Å². The zero-order valence-corrected chi connectivity index (χ0v) is 22.0. The Labute approximate surface area is 219 Å². The highest BCUT2D eigenvalue weighted by molar-refractivity contribution is 7.14. The molecule has 3 aromatic heterocycles. The topological polar surface area (TPSA) is 136 Å². The molecule has 190 valence electrons. The van der Waals surface area contributed by atoms with Gasteiger partial charge >= 0.3 is 0 Å². The number of rotatable bonds is 8. The summed E-state index contributed by atoms with van der Waals surface area (Å²) >= 11 is 1.28. The molecule has 9 nitrogen and oxygen atoms in total. The monoisotopic (exact) mass is 515 g/mol. The standard InChI is InChI=1S/C27H29N7O2S/c1-16-8-9-18(11-19(16)27(3,4)14-28)25(36)29-12-24(35)34-26-33-23(13-37-26)21-7-5-6-20(32-21)22-10-17(2)30-15-31-22/h5-11,13,15H,12,14,28H2,1-4H3,(H,29,36)(H,33,34,35). The smallest absolute Gasteiger partial charge is 0.251 e. The lowest BCUT2D eigenvalue weighted by molar-refractivity contribution is -0.115. The van der Waals surface area contributed by atoms with Crippen LogP contribution in [0.3, 0.4) is 0 Å². The first kappa shape index (κ1) is 26.1. The predicted molar refractivity (Wildman–Crippen MR) is 145 cm³/mol. The van der Waals surface area contributed by atoms with Crippen molar-refractivity contribution in [2.45, 2.75) is 33.1 Å².